The van der Waals surface area contributed by atoms with E-state index < -0.39 is 0 Å². The molecule has 22 heavy (non-hydrogen) atoms. The van der Waals surface area contributed by atoms with Crippen molar-refractivity contribution >= 4 is 5.91 Å². The Morgan fingerprint density at radius 1 is 1.36 bits per heavy atom. The van der Waals surface area contributed by atoms with Gasteiger partial charge in [0, 0.05) is 25.7 Å². The molecule has 1 aromatic heterocycles. The van der Waals surface area contributed by atoms with Gasteiger partial charge in [-0.2, -0.15) is 0 Å². The van der Waals surface area contributed by atoms with Gasteiger partial charge < -0.3 is 14.5 Å². The van der Waals surface area contributed by atoms with Crippen molar-refractivity contribution in [2.45, 2.75) is 44.4 Å². The summed E-state index contributed by atoms with van der Waals surface area (Å²) in [6.07, 6.45) is 6.35. The molecule has 5 nitrogen and oxygen atoms in total. The smallest absolute Gasteiger partial charge is 0.224 e. The third kappa shape index (κ3) is 3.06. The number of fused-ring (bicyclic) bond motifs is 1. The number of furan rings is 1. The third-order valence-electron chi connectivity index (χ3n) is 5.19. The van der Waals surface area contributed by atoms with Crippen LogP contribution in [-0.4, -0.2) is 42.6 Å². The number of ether oxygens (including phenoxy) is 1. The molecule has 3 fully saturated rings. The zero-order valence-corrected chi connectivity index (χ0v) is 12.9. The van der Waals surface area contributed by atoms with E-state index in [2.05, 4.69) is 10.2 Å². The zero-order chi connectivity index (χ0) is 14.9. The standard InChI is InChI=1S/C17H24N2O3/c20-17(18-9-12-3-4-12)13-8-16-15(5-7-22-16)19(10-13)11-14-2-1-6-21-14/h1-2,6,12-13,15-16H,3-5,7-11H2,(H,18,20)/t13-,15+,16+/m0/s1. The van der Waals surface area contributed by atoms with Crippen molar-refractivity contribution in [1.29, 1.82) is 0 Å². The molecule has 1 aliphatic carbocycles. The van der Waals surface area contributed by atoms with Crippen LogP contribution >= 0.6 is 0 Å². The predicted molar refractivity (Wildman–Crippen MR) is 81.1 cm³/mol. The van der Waals surface area contributed by atoms with Crippen LogP contribution in [-0.2, 0) is 16.1 Å². The molecule has 4 rings (SSSR count). The number of hydrogen-bond donors (Lipinski definition) is 1. The molecule has 1 saturated carbocycles. The van der Waals surface area contributed by atoms with E-state index in [9.17, 15) is 4.79 Å². The van der Waals surface area contributed by atoms with Gasteiger partial charge >= 0.3 is 0 Å². The summed E-state index contributed by atoms with van der Waals surface area (Å²) in [5, 5.41) is 3.13. The molecular formula is C17H24N2O3. The fourth-order valence-corrected chi connectivity index (χ4v) is 3.74. The average Bonchev–Trinajstić information content (AvgIpc) is 3.00. The summed E-state index contributed by atoms with van der Waals surface area (Å²) in [4.78, 5) is 14.8. The van der Waals surface area contributed by atoms with Crippen molar-refractivity contribution in [3.8, 4) is 0 Å². The van der Waals surface area contributed by atoms with E-state index in [-0.39, 0.29) is 17.9 Å². The lowest BCUT2D eigenvalue weighted by atomic mass is 9.89. The van der Waals surface area contributed by atoms with Gasteiger partial charge in [0.15, 0.2) is 0 Å². The summed E-state index contributed by atoms with van der Waals surface area (Å²) < 4.78 is 11.4. The van der Waals surface area contributed by atoms with E-state index in [1.807, 2.05) is 12.1 Å². The molecular weight excluding hydrogens is 280 g/mol. The lowest BCUT2D eigenvalue weighted by molar-refractivity contribution is -0.129. The lowest BCUT2D eigenvalue weighted by Gasteiger charge is -2.39. The van der Waals surface area contributed by atoms with Gasteiger partial charge in [-0.3, -0.25) is 9.69 Å². The Morgan fingerprint density at radius 2 is 2.27 bits per heavy atom. The van der Waals surface area contributed by atoms with Gasteiger partial charge in [0.05, 0.1) is 24.8 Å². The molecule has 1 N–H and O–H groups in total. The van der Waals surface area contributed by atoms with Gasteiger partial charge in [0.25, 0.3) is 0 Å². The van der Waals surface area contributed by atoms with E-state index in [1.54, 1.807) is 6.26 Å². The third-order valence-corrected chi connectivity index (χ3v) is 5.19. The number of carbonyl (C=O) groups is 1. The first-order valence-electron chi connectivity index (χ1n) is 8.45. The van der Waals surface area contributed by atoms with Crippen molar-refractivity contribution in [3.63, 3.8) is 0 Å². The van der Waals surface area contributed by atoms with Crippen LogP contribution in [0.1, 0.15) is 31.4 Å². The number of piperidine rings is 1. The number of likely N-dealkylation sites (tertiary alicyclic amines) is 1. The van der Waals surface area contributed by atoms with Crippen LogP contribution in [0.3, 0.4) is 0 Å². The molecule has 0 unspecified atom stereocenters. The molecule has 0 aromatic carbocycles. The van der Waals surface area contributed by atoms with Crippen LogP contribution in [0.5, 0.6) is 0 Å². The summed E-state index contributed by atoms with van der Waals surface area (Å²) in [5.41, 5.74) is 0. The first-order valence-corrected chi connectivity index (χ1v) is 8.45. The SMILES string of the molecule is O=C(NCC1CC1)[C@H]1C[C@H]2OCC[C@H]2N(Cc2ccco2)C1. The van der Waals surface area contributed by atoms with Crippen LogP contribution in [0.4, 0.5) is 0 Å². The Bertz CT molecular complexity index is 512. The van der Waals surface area contributed by atoms with Gasteiger partial charge in [0.2, 0.25) is 5.91 Å². The van der Waals surface area contributed by atoms with Gasteiger partial charge in [-0.15, -0.1) is 0 Å². The van der Waals surface area contributed by atoms with E-state index in [0.29, 0.717) is 6.04 Å². The number of nitrogens with one attached hydrogen (secondary N) is 1. The lowest BCUT2D eigenvalue weighted by Crippen LogP contribution is -2.52. The maximum Gasteiger partial charge on any atom is 0.224 e. The Kier molecular flexibility index (Phi) is 3.92. The Hall–Kier alpha value is -1.33. The highest BCUT2D eigenvalue weighted by molar-refractivity contribution is 5.79. The second-order valence-corrected chi connectivity index (χ2v) is 6.90. The normalized spacial score (nSPS) is 31.9. The first kappa shape index (κ1) is 14.3. The van der Waals surface area contributed by atoms with Gasteiger partial charge in [-0.25, -0.2) is 0 Å². The van der Waals surface area contributed by atoms with Crippen molar-refractivity contribution < 1.29 is 13.9 Å². The number of carbonyl (C=O) groups excluding carboxylic acids is 1. The second kappa shape index (κ2) is 6.05. The highest BCUT2D eigenvalue weighted by Crippen LogP contribution is 2.33. The fourth-order valence-electron chi connectivity index (χ4n) is 3.74. The molecule has 1 amide bonds. The molecule has 0 radical (unpaired) electrons. The largest absolute Gasteiger partial charge is 0.468 e. The minimum absolute atomic E-state index is 0.0352. The highest BCUT2D eigenvalue weighted by atomic mass is 16.5. The average molecular weight is 304 g/mol. The summed E-state index contributed by atoms with van der Waals surface area (Å²) in [6, 6.07) is 4.35. The fraction of sp³-hybridized carbons (Fsp3) is 0.706. The number of amides is 1. The van der Waals surface area contributed by atoms with E-state index in [1.165, 1.54) is 12.8 Å². The van der Waals surface area contributed by atoms with Crippen molar-refractivity contribution in [3.05, 3.63) is 24.2 Å². The molecule has 1 aromatic rings. The monoisotopic (exact) mass is 304 g/mol. The second-order valence-electron chi connectivity index (χ2n) is 6.90. The van der Waals surface area contributed by atoms with Crippen LogP contribution in [0.25, 0.3) is 0 Å². The van der Waals surface area contributed by atoms with E-state index in [0.717, 1.165) is 50.8 Å². The Morgan fingerprint density at radius 3 is 3.05 bits per heavy atom. The molecule has 2 saturated heterocycles. The van der Waals surface area contributed by atoms with E-state index >= 15 is 0 Å². The molecule has 120 valence electrons. The highest BCUT2D eigenvalue weighted by Gasteiger charge is 2.42. The molecule has 3 heterocycles. The minimum Gasteiger partial charge on any atom is -0.468 e. The van der Waals surface area contributed by atoms with E-state index in [4.69, 9.17) is 9.15 Å². The van der Waals surface area contributed by atoms with Crippen molar-refractivity contribution in [2.75, 3.05) is 19.7 Å². The van der Waals surface area contributed by atoms with Crippen LogP contribution in [0.2, 0.25) is 0 Å². The zero-order valence-electron chi connectivity index (χ0n) is 12.9. The minimum atomic E-state index is 0.0352. The maximum atomic E-state index is 12.5. The molecule has 2 aliphatic heterocycles. The quantitative estimate of drug-likeness (QED) is 0.901. The summed E-state index contributed by atoms with van der Waals surface area (Å²) in [5.74, 6) is 1.92. The molecule has 5 heteroatoms. The Labute approximate surface area is 131 Å². The predicted octanol–water partition coefficient (Wildman–Crippen LogP) is 1.79. The van der Waals surface area contributed by atoms with Gasteiger partial charge in [-0.05, 0) is 43.7 Å². The maximum absolute atomic E-state index is 12.5. The number of nitrogens with zero attached hydrogens (tertiary/aromatic N) is 1. The van der Waals surface area contributed by atoms with Crippen molar-refractivity contribution in [2.24, 2.45) is 11.8 Å². The molecule has 0 spiro atoms. The topological polar surface area (TPSA) is 54.7 Å². The van der Waals surface area contributed by atoms with Crippen LogP contribution < -0.4 is 5.32 Å². The first-order chi connectivity index (χ1) is 10.8. The molecule has 3 aliphatic rings. The van der Waals surface area contributed by atoms with Gasteiger partial charge in [-0.1, -0.05) is 0 Å². The molecule has 0 bridgehead atoms. The van der Waals surface area contributed by atoms with Crippen LogP contribution in [0, 0.1) is 11.8 Å². The van der Waals surface area contributed by atoms with Crippen LogP contribution in [0.15, 0.2) is 22.8 Å². The molecule has 3 atom stereocenters. The van der Waals surface area contributed by atoms with Gasteiger partial charge in [0.1, 0.15) is 5.76 Å². The summed E-state index contributed by atoms with van der Waals surface area (Å²) in [6.45, 7) is 3.23. The summed E-state index contributed by atoms with van der Waals surface area (Å²) in [7, 11) is 0. The Balaban J connectivity index is 1.41. The van der Waals surface area contributed by atoms with Crippen molar-refractivity contribution in [1.82, 2.24) is 10.2 Å². The summed E-state index contributed by atoms with van der Waals surface area (Å²) >= 11 is 0. The number of hydrogen-bond acceptors (Lipinski definition) is 4. The number of rotatable bonds is 5.